The molecule has 5 rings (SSSR count). The van der Waals surface area contributed by atoms with Crippen molar-refractivity contribution in [3.8, 4) is 0 Å². The van der Waals surface area contributed by atoms with Gasteiger partial charge in [0.05, 0.1) is 11.0 Å². The first kappa shape index (κ1) is 18.6. The first-order chi connectivity index (χ1) is 14.7. The third kappa shape index (κ3) is 3.38. The third-order valence-electron chi connectivity index (χ3n) is 6.06. The van der Waals surface area contributed by atoms with E-state index in [0.29, 0.717) is 32.5 Å². The molecule has 0 radical (unpaired) electrons. The molecule has 2 amide bonds. The third-order valence-corrected chi connectivity index (χ3v) is 6.06. The molecule has 2 aromatic carbocycles. The smallest absolute Gasteiger partial charge is 0.246 e. The van der Waals surface area contributed by atoms with Gasteiger partial charge in [-0.15, -0.1) is 0 Å². The molecule has 3 aromatic rings. The van der Waals surface area contributed by atoms with Gasteiger partial charge in [-0.05, 0) is 36.6 Å². The number of benzene rings is 2. The number of nitrogens with zero attached hydrogens (tertiary/aromatic N) is 4. The van der Waals surface area contributed by atoms with E-state index in [1.807, 2.05) is 70.5 Å². The largest absolute Gasteiger partial charge is 0.339 e. The van der Waals surface area contributed by atoms with Crippen molar-refractivity contribution in [2.75, 3.05) is 24.5 Å². The lowest BCUT2D eigenvalue weighted by molar-refractivity contribution is -0.130. The molecule has 2 aliphatic heterocycles. The minimum absolute atomic E-state index is 0.00715. The minimum atomic E-state index is -0.0569. The molecule has 0 spiro atoms. The highest BCUT2D eigenvalue weighted by molar-refractivity contribution is 5.97. The van der Waals surface area contributed by atoms with Gasteiger partial charge in [0.1, 0.15) is 0 Å². The molecule has 1 saturated heterocycles. The van der Waals surface area contributed by atoms with E-state index < -0.39 is 0 Å². The normalized spacial score (nSPS) is 17.1. The van der Waals surface area contributed by atoms with Gasteiger partial charge in [-0.3, -0.25) is 14.5 Å². The number of likely N-dealkylation sites (tertiary alicyclic amines) is 1. The summed E-state index contributed by atoms with van der Waals surface area (Å²) in [6.07, 6.45) is 4.86. The van der Waals surface area contributed by atoms with E-state index in [0.717, 1.165) is 29.1 Å². The van der Waals surface area contributed by atoms with Crippen LogP contribution in [0.25, 0.3) is 17.1 Å². The van der Waals surface area contributed by atoms with E-state index in [-0.39, 0.29) is 17.7 Å². The Morgan fingerprint density at radius 2 is 1.63 bits per heavy atom. The van der Waals surface area contributed by atoms with Crippen molar-refractivity contribution >= 4 is 34.9 Å². The zero-order valence-electron chi connectivity index (χ0n) is 16.8. The fourth-order valence-corrected chi connectivity index (χ4v) is 4.40. The SMILES string of the molecule is O=C(C=Cc1ccccc1)N1CCC(C(=O)N2CCn3c2nc2ccccc23)CC1. The summed E-state index contributed by atoms with van der Waals surface area (Å²) in [5.41, 5.74) is 3.01. The summed E-state index contributed by atoms with van der Waals surface area (Å²) < 4.78 is 2.13. The van der Waals surface area contributed by atoms with Crippen molar-refractivity contribution in [2.45, 2.75) is 19.4 Å². The summed E-state index contributed by atoms with van der Waals surface area (Å²) >= 11 is 0. The van der Waals surface area contributed by atoms with Gasteiger partial charge in [0.2, 0.25) is 17.8 Å². The molecule has 0 bridgehead atoms. The second-order valence-corrected chi connectivity index (χ2v) is 7.89. The highest BCUT2D eigenvalue weighted by atomic mass is 16.2. The van der Waals surface area contributed by atoms with Crippen LogP contribution in [0, 0.1) is 5.92 Å². The number of fused-ring (bicyclic) bond motifs is 3. The lowest BCUT2D eigenvalue weighted by atomic mass is 9.95. The number of carbonyl (C=O) groups excluding carboxylic acids is 2. The van der Waals surface area contributed by atoms with Gasteiger partial charge >= 0.3 is 0 Å². The van der Waals surface area contributed by atoms with Crippen LogP contribution in [-0.4, -0.2) is 45.9 Å². The summed E-state index contributed by atoms with van der Waals surface area (Å²) in [7, 11) is 0. The standard InChI is InChI=1S/C24H24N4O2/c29-22(11-10-18-6-2-1-3-7-18)26-14-12-19(13-15-26)23(30)28-17-16-27-21-9-5-4-8-20(21)25-24(27)28/h1-11,19H,12-17H2. The average molecular weight is 400 g/mol. The van der Waals surface area contributed by atoms with Crippen LogP contribution in [0.2, 0.25) is 0 Å². The molecule has 6 heteroatoms. The molecular formula is C24H24N4O2. The van der Waals surface area contributed by atoms with Gasteiger partial charge in [-0.25, -0.2) is 4.98 Å². The number of hydrogen-bond acceptors (Lipinski definition) is 3. The molecule has 0 unspecified atom stereocenters. The van der Waals surface area contributed by atoms with Gasteiger partial charge in [-0.2, -0.15) is 0 Å². The highest BCUT2D eigenvalue weighted by Gasteiger charge is 2.34. The molecule has 0 aliphatic carbocycles. The topological polar surface area (TPSA) is 58.4 Å². The molecule has 152 valence electrons. The predicted molar refractivity (Wildman–Crippen MR) is 117 cm³/mol. The first-order valence-electron chi connectivity index (χ1n) is 10.5. The Labute approximate surface area is 175 Å². The second-order valence-electron chi connectivity index (χ2n) is 7.89. The molecule has 30 heavy (non-hydrogen) atoms. The van der Waals surface area contributed by atoms with Crippen LogP contribution in [0.5, 0.6) is 0 Å². The summed E-state index contributed by atoms with van der Waals surface area (Å²) in [6, 6.07) is 17.8. The van der Waals surface area contributed by atoms with Crippen molar-refractivity contribution < 1.29 is 9.59 Å². The zero-order chi connectivity index (χ0) is 20.5. The van der Waals surface area contributed by atoms with Crippen molar-refractivity contribution in [3.05, 3.63) is 66.2 Å². The Balaban J connectivity index is 1.22. The molecule has 3 heterocycles. The number of carbonyl (C=O) groups is 2. The first-order valence-corrected chi connectivity index (χ1v) is 10.5. The van der Waals surface area contributed by atoms with Crippen LogP contribution < -0.4 is 4.90 Å². The number of piperidine rings is 1. The quantitative estimate of drug-likeness (QED) is 0.634. The molecule has 1 aromatic heterocycles. The van der Waals surface area contributed by atoms with Gasteiger partial charge in [0.25, 0.3) is 0 Å². The maximum atomic E-state index is 13.2. The number of rotatable bonds is 3. The van der Waals surface area contributed by atoms with E-state index in [2.05, 4.69) is 9.55 Å². The van der Waals surface area contributed by atoms with E-state index in [4.69, 9.17) is 0 Å². The molecule has 2 aliphatic rings. The molecular weight excluding hydrogens is 376 g/mol. The molecule has 1 fully saturated rings. The summed E-state index contributed by atoms with van der Waals surface area (Å²) in [5, 5.41) is 0. The predicted octanol–water partition coefficient (Wildman–Crippen LogP) is 3.33. The monoisotopic (exact) mass is 400 g/mol. The van der Waals surface area contributed by atoms with Crippen molar-refractivity contribution in [1.29, 1.82) is 0 Å². The Kier molecular flexibility index (Phi) is 4.83. The van der Waals surface area contributed by atoms with Crippen LogP contribution >= 0.6 is 0 Å². The van der Waals surface area contributed by atoms with Crippen molar-refractivity contribution in [3.63, 3.8) is 0 Å². The maximum absolute atomic E-state index is 13.2. The van der Waals surface area contributed by atoms with Crippen LogP contribution in [0.3, 0.4) is 0 Å². The summed E-state index contributed by atoms with van der Waals surface area (Å²) in [6.45, 7) is 2.67. The van der Waals surface area contributed by atoms with Crippen LogP contribution in [-0.2, 0) is 16.1 Å². The van der Waals surface area contributed by atoms with E-state index in [1.165, 1.54) is 0 Å². The zero-order valence-corrected chi connectivity index (χ0v) is 16.8. The highest BCUT2D eigenvalue weighted by Crippen LogP contribution is 2.30. The average Bonchev–Trinajstić information content (AvgIpc) is 3.37. The number of anilines is 1. The number of aromatic nitrogens is 2. The number of amides is 2. The molecule has 0 N–H and O–H groups in total. The molecule has 0 atom stereocenters. The van der Waals surface area contributed by atoms with Gasteiger partial charge in [0.15, 0.2) is 0 Å². The minimum Gasteiger partial charge on any atom is -0.339 e. The summed E-state index contributed by atoms with van der Waals surface area (Å²) in [5.74, 6) is 0.840. The van der Waals surface area contributed by atoms with Gasteiger partial charge in [0, 0.05) is 38.2 Å². The maximum Gasteiger partial charge on any atom is 0.246 e. The Hall–Kier alpha value is -3.41. The van der Waals surface area contributed by atoms with Crippen molar-refractivity contribution in [2.24, 2.45) is 5.92 Å². The van der Waals surface area contributed by atoms with E-state index in [1.54, 1.807) is 6.08 Å². The molecule has 6 nitrogen and oxygen atoms in total. The van der Waals surface area contributed by atoms with Crippen LogP contribution in [0.15, 0.2) is 60.7 Å². The van der Waals surface area contributed by atoms with Gasteiger partial charge < -0.3 is 9.47 Å². The fourth-order valence-electron chi connectivity index (χ4n) is 4.40. The lowest BCUT2D eigenvalue weighted by Crippen LogP contribution is -2.43. The summed E-state index contributed by atoms with van der Waals surface area (Å²) in [4.78, 5) is 34.0. The number of imidazole rings is 1. The number of para-hydroxylation sites is 2. The van der Waals surface area contributed by atoms with Gasteiger partial charge in [-0.1, -0.05) is 42.5 Å². The Bertz CT molecular complexity index is 1110. The van der Waals surface area contributed by atoms with E-state index in [9.17, 15) is 9.59 Å². The van der Waals surface area contributed by atoms with Crippen LogP contribution in [0.1, 0.15) is 18.4 Å². The van der Waals surface area contributed by atoms with Crippen molar-refractivity contribution in [1.82, 2.24) is 14.5 Å². The Morgan fingerprint density at radius 3 is 2.43 bits per heavy atom. The molecule has 0 saturated carbocycles. The number of hydrogen-bond donors (Lipinski definition) is 0. The van der Waals surface area contributed by atoms with E-state index >= 15 is 0 Å². The van der Waals surface area contributed by atoms with Crippen LogP contribution in [0.4, 0.5) is 5.95 Å². The fraction of sp³-hybridized carbons (Fsp3) is 0.292. The lowest BCUT2D eigenvalue weighted by Gasteiger charge is -2.32. The Morgan fingerprint density at radius 1 is 0.900 bits per heavy atom. The second kappa shape index (κ2) is 7.78.